The molecule has 16 heavy (non-hydrogen) atoms. The van der Waals surface area contributed by atoms with E-state index in [1.165, 1.54) is 18.5 Å². The Morgan fingerprint density at radius 1 is 1.44 bits per heavy atom. The summed E-state index contributed by atoms with van der Waals surface area (Å²) in [5.74, 6) is -1.42. The zero-order valence-electron chi connectivity index (χ0n) is 7.89. The molecule has 0 fully saturated rings. The van der Waals surface area contributed by atoms with Crippen molar-refractivity contribution < 1.29 is 14.7 Å². The Kier molecular flexibility index (Phi) is 2.38. The van der Waals surface area contributed by atoms with Crippen LogP contribution in [-0.2, 0) is 0 Å². The number of rotatable bonds is 3. The van der Waals surface area contributed by atoms with Crippen LogP contribution < -0.4 is 5.32 Å². The molecular weight excluding hydrogens is 214 g/mol. The van der Waals surface area contributed by atoms with E-state index in [4.69, 9.17) is 5.11 Å². The number of amides is 1. The van der Waals surface area contributed by atoms with Crippen molar-refractivity contribution in [2.24, 2.45) is 0 Å². The minimum Gasteiger partial charge on any atom is -0.477 e. The van der Waals surface area contributed by atoms with Gasteiger partial charge in [-0.2, -0.15) is 10.2 Å². The van der Waals surface area contributed by atoms with Crippen molar-refractivity contribution in [2.75, 3.05) is 5.32 Å². The maximum atomic E-state index is 11.5. The number of nitrogens with zero attached hydrogens (tertiary/aromatic N) is 2. The first kappa shape index (κ1) is 9.90. The van der Waals surface area contributed by atoms with Crippen molar-refractivity contribution in [1.29, 1.82) is 0 Å². The standard InChI is InChI=1S/C8H7N5O3/c14-7(4-2-9-10-3-4)11-6-1-5(8(15)16)12-13-6/h1-3H,(H,9,10)(H,15,16)(H2,11,12,13,14). The van der Waals surface area contributed by atoms with E-state index in [0.717, 1.165) is 0 Å². The number of anilines is 1. The number of aromatic carboxylic acids is 1. The largest absolute Gasteiger partial charge is 0.477 e. The van der Waals surface area contributed by atoms with Gasteiger partial charge in [0, 0.05) is 12.3 Å². The highest BCUT2D eigenvalue weighted by atomic mass is 16.4. The fourth-order valence-electron chi connectivity index (χ4n) is 1.06. The third-order valence-electron chi connectivity index (χ3n) is 1.81. The van der Waals surface area contributed by atoms with Gasteiger partial charge < -0.3 is 10.4 Å². The lowest BCUT2D eigenvalue weighted by Crippen LogP contribution is -2.11. The van der Waals surface area contributed by atoms with Crippen LogP contribution >= 0.6 is 0 Å². The first-order chi connectivity index (χ1) is 7.66. The molecule has 0 saturated heterocycles. The average molecular weight is 221 g/mol. The third kappa shape index (κ3) is 1.90. The lowest BCUT2D eigenvalue weighted by molar-refractivity contribution is 0.0690. The highest BCUT2D eigenvalue weighted by molar-refractivity contribution is 6.03. The van der Waals surface area contributed by atoms with Gasteiger partial charge in [0.1, 0.15) is 5.69 Å². The summed E-state index contributed by atoms with van der Waals surface area (Å²) in [7, 11) is 0. The Hall–Kier alpha value is -2.64. The summed E-state index contributed by atoms with van der Waals surface area (Å²) >= 11 is 0. The molecule has 0 atom stereocenters. The molecule has 1 amide bonds. The second-order valence-corrected chi connectivity index (χ2v) is 2.91. The molecule has 2 heterocycles. The number of carboxylic acids is 1. The first-order valence-electron chi connectivity index (χ1n) is 4.25. The highest BCUT2D eigenvalue weighted by Gasteiger charge is 2.11. The highest BCUT2D eigenvalue weighted by Crippen LogP contribution is 2.07. The zero-order chi connectivity index (χ0) is 11.5. The van der Waals surface area contributed by atoms with E-state index in [9.17, 15) is 9.59 Å². The van der Waals surface area contributed by atoms with E-state index in [1.807, 2.05) is 0 Å². The molecule has 2 aromatic rings. The number of carboxylic acid groups (broad SMARTS) is 1. The van der Waals surface area contributed by atoms with E-state index in [2.05, 4.69) is 25.7 Å². The third-order valence-corrected chi connectivity index (χ3v) is 1.81. The molecule has 0 aliphatic carbocycles. The molecule has 82 valence electrons. The predicted molar refractivity (Wildman–Crippen MR) is 52.1 cm³/mol. The molecule has 0 aliphatic rings. The molecule has 0 aromatic carbocycles. The van der Waals surface area contributed by atoms with Crippen LogP contribution in [0.25, 0.3) is 0 Å². The molecule has 0 saturated carbocycles. The first-order valence-corrected chi connectivity index (χ1v) is 4.25. The van der Waals surface area contributed by atoms with E-state index in [-0.39, 0.29) is 11.5 Å². The van der Waals surface area contributed by atoms with Crippen molar-refractivity contribution in [3.63, 3.8) is 0 Å². The molecule has 0 unspecified atom stereocenters. The number of carbonyl (C=O) groups excluding carboxylic acids is 1. The fraction of sp³-hybridized carbons (Fsp3) is 0. The van der Waals surface area contributed by atoms with E-state index in [1.54, 1.807) is 0 Å². The number of hydrogen-bond acceptors (Lipinski definition) is 4. The Morgan fingerprint density at radius 3 is 2.81 bits per heavy atom. The van der Waals surface area contributed by atoms with Gasteiger partial charge >= 0.3 is 5.97 Å². The smallest absolute Gasteiger partial charge is 0.353 e. The number of carbonyl (C=O) groups is 2. The van der Waals surface area contributed by atoms with Gasteiger partial charge in [-0.1, -0.05) is 0 Å². The summed E-state index contributed by atoms with van der Waals surface area (Å²) in [5, 5.41) is 23.0. The van der Waals surface area contributed by atoms with Crippen LogP contribution in [0.1, 0.15) is 20.8 Å². The molecule has 2 aromatic heterocycles. The van der Waals surface area contributed by atoms with Gasteiger partial charge in [-0.15, -0.1) is 0 Å². The van der Waals surface area contributed by atoms with Crippen molar-refractivity contribution in [2.45, 2.75) is 0 Å². The Bertz CT molecular complexity index is 516. The Balaban J connectivity index is 2.09. The van der Waals surface area contributed by atoms with E-state index < -0.39 is 11.9 Å². The zero-order valence-corrected chi connectivity index (χ0v) is 7.89. The van der Waals surface area contributed by atoms with Gasteiger partial charge in [0.2, 0.25) is 0 Å². The van der Waals surface area contributed by atoms with Crippen LogP contribution in [0.2, 0.25) is 0 Å². The number of H-pyrrole nitrogens is 2. The summed E-state index contributed by atoms with van der Waals surface area (Å²) < 4.78 is 0. The van der Waals surface area contributed by atoms with E-state index in [0.29, 0.717) is 5.56 Å². The molecule has 0 aliphatic heterocycles. The van der Waals surface area contributed by atoms with E-state index >= 15 is 0 Å². The maximum absolute atomic E-state index is 11.5. The number of aromatic amines is 2. The molecule has 8 heteroatoms. The topological polar surface area (TPSA) is 124 Å². The van der Waals surface area contributed by atoms with Crippen LogP contribution in [0.4, 0.5) is 5.82 Å². The van der Waals surface area contributed by atoms with Crippen LogP contribution in [-0.4, -0.2) is 37.4 Å². The molecule has 8 nitrogen and oxygen atoms in total. The quantitative estimate of drug-likeness (QED) is 0.584. The van der Waals surface area contributed by atoms with Crippen LogP contribution in [0, 0.1) is 0 Å². The summed E-state index contributed by atoms with van der Waals surface area (Å²) in [4.78, 5) is 22.0. The number of hydrogen-bond donors (Lipinski definition) is 4. The Morgan fingerprint density at radius 2 is 2.25 bits per heavy atom. The van der Waals surface area contributed by atoms with Gasteiger partial charge in [0.25, 0.3) is 5.91 Å². The lowest BCUT2D eigenvalue weighted by atomic mass is 10.3. The van der Waals surface area contributed by atoms with Crippen molar-refractivity contribution in [3.05, 3.63) is 29.7 Å². The molecule has 0 radical (unpaired) electrons. The summed E-state index contributed by atoms with van der Waals surface area (Å²) in [6.07, 6.45) is 2.76. The van der Waals surface area contributed by atoms with Crippen molar-refractivity contribution in [3.8, 4) is 0 Å². The minimum atomic E-state index is -1.14. The van der Waals surface area contributed by atoms with Gasteiger partial charge in [0.15, 0.2) is 5.82 Å². The van der Waals surface area contributed by atoms with Crippen LogP contribution in [0.5, 0.6) is 0 Å². The SMILES string of the molecule is O=C(Nc1cc(C(=O)O)[nH]n1)c1cn[nH]c1. The summed E-state index contributed by atoms with van der Waals surface area (Å²) in [6, 6.07) is 1.22. The number of nitrogens with one attached hydrogen (secondary N) is 3. The second kappa shape index (κ2) is 3.85. The molecule has 0 spiro atoms. The van der Waals surface area contributed by atoms with Gasteiger partial charge in [-0.05, 0) is 0 Å². The normalized spacial score (nSPS) is 10.0. The van der Waals surface area contributed by atoms with Crippen molar-refractivity contribution in [1.82, 2.24) is 20.4 Å². The van der Waals surface area contributed by atoms with Crippen LogP contribution in [0.15, 0.2) is 18.5 Å². The molecular formula is C8H7N5O3. The predicted octanol–water partition coefficient (Wildman–Crippen LogP) is 0.0833. The molecule has 2 rings (SSSR count). The fourth-order valence-corrected chi connectivity index (χ4v) is 1.06. The van der Waals surface area contributed by atoms with Crippen LogP contribution in [0.3, 0.4) is 0 Å². The van der Waals surface area contributed by atoms with Crippen molar-refractivity contribution >= 4 is 17.7 Å². The second-order valence-electron chi connectivity index (χ2n) is 2.91. The summed E-state index contributed by atoms with van der Waals surface area (Å²) in [5.41, 5.74) is 0.238. The van der Waals surface area contributed by atoms with Gasteiger partial charge in [-0.3, -0.25) is 15.0 Å². The molecule has 4 N–H and O–H groups in total. The average Bonchev–Trinajstić information content (AvgIpc) is 2.87. The summed E-state index contributed by atoms with van der Waals surface area (Å²) in [6.45, 7) is 0. The maximum Gasteiger partial charge on any atom is 0.353 e. The monoisotopic (exact) mass is 221 g/mol. The molecule has 0 bridgehead atoms. The number of aromatic nitrogens is 4. The van der Waals surface area contributed by atoms with Gasteiger partial charge in [-0.25, -0.2) is 4.79 Å². The Labute approximate surface area is 88.7 Å². The van der Waals surface area contributed by atoms with Gasteiger partial charge in [0.05, 0.1) is 11.8 Å². The lowest BCUT2D eigenvalue weighted by Gasteiger charge is -1.96. The minimum absolute atomic E-state index is 0.0949.